The minimum Gasteiger partial charge on any atom is -0.456 e. The number of nitrogens with zero attached hydrogens (tertiary/aromatic N) is 1. The molecule has 0 amide bonds. The van der Waals surface area contributed by atoms with E-state index >= 15 is 0 Å². The second-order valence-electron chi connectivity index (χ2n) is 5.02. The summed E-state index contributed by atoms with van der Waals surface area (Å²) in [6, 6.07) is 5.66. The summed E-state index contributed by atoms with van der Waals surface area (Å²) >= 11 is 5.81. The Morgan fingerprint density at radius 1 is 1.11 bits per heavy atom. The summed E-state index contributed by atoms with van der Waals surface area (Å²) in [5, 5.41) is 10.5. The van der Waals surface area contributed by atoms with Crippen LogP contribution < -0.4 is 10.0 Å². The maximum Gasteiger partial charge on any atom is 0.416 e. The van der Waals surface area contributed by atoms with E-state index in [0.29, 0.717) is 6.07 Å². The molecule has 2 rings (SSSR count). The van der Waals surface area contributed by atoms with E-state index in [-0.39, 0.29) is 21.8 Å². The van der Waals surface area contributed by atoms with Gasteiger partial charge in [-0.2, -0.15) is 13.2 Å². The zero-order chi connectivity index (χ0) is 20.4. The third-order valence-electron chi connectivity index (χ3n) is 3.41. The van der Waals surface area contributed by atoms with E-state index in [4.69, 9.17) is 25.4 Å². The van der Waals surface area contributed by atoms with E-state index in [1.165, 1.54) is 6.07 Å². The molecule has 2 aromatic rings. The van der Waals surface area contributed by atoms with Crippen molar-refractivity contribution >= 4 is 30.2 Å². The van der Waals surface area contributed by atoms with Crippen LogP contribution in [0.3, 0.4) is 0 Å². The van der Waals surface area contributed by atoms with Gasteiger partial charge in [-0.1, -0.05) is 11.6 Å². The molecule has 2 aromatic carbocycles. The highest BCUT2D eigenvalue weighted by atomic mass is 35.5. The first kappa shape index (κ1) is 21.2. The van der Waals surface area contributed by atoms with Crippen LogP contribution in [0.4, 0.5) is 18.9 Å². The molecule has 0 atom stereocenters. The van der Waals surface area contributed by atoms with Gasteiger partial charge in [-0.3, -0.25) is 14.7 Å². The number of nitro benzene ring substituents is 1. The van der Waals surface area contributed by atoms with Gasteiger partial charge in [-0.15, -0.1) is 0 Å². The zero-order valence-corrected chi connectivity index (χ0v) is 15.5. The van der Waals surface area contributed by atoms with Gasteiger partial charge in [0.15, 0.2) is 0 Å². The summed E-state index contributed by atoms with van der Waals surface area (Å²) < 4.78 is 65.5. The number of hydrogen-bond donors (Lipinski definition) is 0. The van der Waals surface area contributed by atoms with E-state index in [2.05, 4.69) is 0 Å². The van der Waals surface area contributed by atoms with Gasteiger partial charge in [-0.05, 0) is 24.3 Å². The van der Waals surface area contributed by atoms with Crippen molar-refractivity contribution in [2.24, 2.45) is 0 Å². The average molecular weight is 426 g/mol. The monoisotopic (exact) mass is 425 g/mol. The number of hydrogen-bond acceptors (Lipinski definition) is 6. The Hall–Kier alpha value is -2.13. The van der Waals surface area contributed by atoms with Gasteiger partial charge in [0.05, 0.1) is 15.5 Å². The molecule has 0 saturated carbocycles. The predicted octanol–water partition coefficient (Wildman–Crippen LogP) is 5.17. The molecule has 0 aliphatic carbocycles. The number of halogens is 4. The number of alkyl halides is 3. The van der Waals surface area contributed by atoms with Gasteiger partial charge in [0.2, 0.25) is 0 Å². The largest absolute Gasteiger partial charge is 0.456 e. The number of nitro groups is 1. The van der Waals surface area contributed by atoms with E-state index in [9.17, 15) is 27.9 Å². The van der Waals surface area contributed by atoms with Crippen molar-refractivity contribution in [3.8, 4) is 11.5 Å². The van der Waals surface area contributed by atoms with E-state index in [0.717, 1.165) is 38.5 Å². The lowest BCUT2D eigenvalue weighted by Gasteiger charge is -2.15. The van der Waals surface area contributed by atoms with Crippen LogP contribution in [-0.4, -0.2) is 19.1 Å². The minimum atomic E-state index is -4.58. The highest BCUT2D eigenvalue weighted by Gasteiger charge is 2.34. The predicted molar refractivity (Wildman–Crippen MR) is 90.9 cm³/mol. The quantitative estimate of drug-likeness (QED) is 0.360. The molecule has 146 valence electrons. The molecule has 0 aliphatic rings. The molecule has 0 unspecified atom stereocenters. The third-order valence-corrected chi connectivity index (χ3v) is 5.61. The number of rotatable bonds is 6. The summed E-state index contributed by atoms with van der Waals surface area (Å²) in [6.07, 6.45) is -4.58. The fourth-order valence-electron chi connectivity index (χ4n) is 2.10. The maximum absolute atomic E-state index is 12.7. The first-order valence-corrected chi connectivity index (χ1v) is 8.99. The molecule has 0 fully saturated rings. The van der Waals surface area contributed by atoms with Gasteiger partial charge in [0.1, 0.15) is 16.8 Å². The number of benzene rings is 2. The Kier molecular flexibility index (Phi) is 6.16. The van der Waals surface area contributed by atoms with Crippen molar-refractivity contribution in [2.75, 3.05) is 14.2 Å². The summed E-state index contributed by atoms with van der Waals surface area (Å²) in [5.41, 5.74) is -1.50. The van der Waals surface area contributed by atoms with E-state index < -0.39 is 29.9 Å². The summed E-state index contributed by atoms with van der Waals surface area (Å²) in [6.45, 7) is 0. The molecule has 12 heteroatoms. The molecule has 7 nitrogen and oxygen atoms in total. The first-order chi connectivity index (χ1) is 12.5. The minimum absolute atomic E-state index is 0.0633. The van der Waals surface area contributed by atoms with Crippen LogP contribution in [0.2, 0.25) is 5.02 Å². The van der Waals surface area contributed by atoms with Crippen LogP contribution in [0.25, 0.3) is 0 Å². The van der Waals surface area contributed by atoms with Crippen LogP contribution in [0.1, 0.15) is 5.56 Å². The molecule has 0 spiro atoms. The fourth-order valence-corrected chi connectivity index (χ4v) is 3.58. The standard InChI is InChI=1S/C15H12ClF3NO6P/c1-24-27(23,25-2)14-8-10(4-5-12(14)20(21)22)26-13-6-3-9(7-11(13)16)15(17,18)19/h3-8H,1-2H3. The molecule has 0 aliphatic heterocycles. The molecule has 27 heavy (non-hydrogen) atoms. The van der Waals surface area contributed by atoms with Gasteiger partial charge in [-0.25, -0.2) is 0 Å². The second-order valence-corrected chi connectivity index (χ2v) is 7.63. The third kappa shape index (κ3) is 4.59. The fraction of sp³-hybridized carbons (Fsp3) is 0.200. The van der Waals surface area contributed by atoms with Gasteiger partial charge in [0.25, 0.3) is 5.69 Å². The Labute approximate surface area is 156 Å². The van der Waals surface area contributed by atoms with Crippen molar-refractivity contribution in [3.05, 3.63) is 57.1 Å². The van der Waals surface area contributed by atoms with Crippen molar-refractivity contribution in [2.45, 2.75) is 6.18 Å². The van der Waals surface area contributed by atoms with Crippen LogP contribution in [0.5, 0.6) is 11.5 Å². The highest BCUT2D eigenvalue weighted by Crippen LogP contribution is 2.48. The van der Waals surface area contributed by atoms with Crippen LogP contribution in [-0.2, 0) is 19.8 Å². The second kappa shape index (κ2) is 7.85. The Bertz CT molecular complexity index is 913. The van der Waals surface area contributed by atoms with Crippen molar-refractivity contribution in [3.63, 3.8) is 0 Å². The normalized spacial score (nSPS) is 12.1. The molecular formula is C15H12ClF3NO6P. The molecular weight excluding hydrogens is 414 g/mol. The van der Waals surface area contributed by atoms with Crippen LogP contribution in [0, 0.1) is 10.1 Å². The number of ether oxygens (including phenoxy) is 1. The summed E-state index contributed by atoms with van der Waals surface area (Å²) in [4.78, 5) is 10.4. The molecule has 0 radical (unpaired) electrons. The van der Waals surface area contributed by atoms with Crippen molar-refractivity contribution in [1.82, 2.24) is 0 Å². The Morgan fingerprint density at radius 3 is 2.22 bits per heavy atom. The zero-order valence-electron chi connectivity index (χ0n) is 13.8. The maximum atomic E-state index is 12.7. The molecule has 0 N–H and O–H groups in total. The van der Waals surface area contributed by atoms with Gasteiger partial charge < -0.3 is 13.8 Å². The van der Waals surface area contributed by atoms with E-state index in [1.807, 2.05) is 0 Å². The molecule has 0 bridgehead atoms. The first-order valence-electron chi connectivity index (χ1n) is 7.07. The summed E-state index contributed by atoms with van der Waals surface area (Å²) in [5.74, 6) is -0.194. The average Bonchev–Trinajstić information content (AvgIpc) is 2.61. The highest BCUT2D eigenvalue weighted by molar-refractivity contribution is 7.62. The Morgan fingerprint density at radius 2 is 1.74 bits per heavy atom. The van der Waals surface area contributed by atoms with E-state index in [1.54, 1.807) is 0 Å². The molecule has 0 saturated heterocycles. The van der Waals surface area contributed by atoms with Crippen LogP contribution in [0.15, 0.2) is 36.4 Å². The topological polar surface area (TPSA) is 87.9 Å². The SMILES string of the molecule is COP(=O)(OC)c1cc(Oc2ccc(C(F)(F)F)cc2Cl)ccc1[N+](=O)[O-]. The van der Waals surface area contributed by atoms with Gasteiger partial charge >= 0.3 is 13.8 Å². The van der Waals surface area contributed by atoms with Crippen molar-refractivity contribution < 1.29 is 36.4 Å². The van der Waals surface area contributed by atoms with Gasteiger partial charge in [0, 0.05) is 26.4 Å². The lowest BCUT2D eigenvalue weighted by Crippen LogP contribution is -2.13. The lowest BCUT2D eigenvalue weighted by molar-refractivity contribution is -0.383. The molecule has 0 heterocycles. The van der Waals surface area contributed by atoms with Crippen molar-refractivity contribution in [1.29, 1.82) is 0 Å². The lowest BCUT2D eigenvalue weighted by atomic mass is 10.2. The summed E-state index contributed by atoms with van der Waals surface area (Å²) in [7, 11) is -1.90. The van der Waals surface area contributed by atoms with Crippen LogP contribution >= 0.6 is 19.2 Å². The Balaban J connectivity index is 2.46. The smallest absolute Gasteiger partial charge is 0.416 e. The molecule has 0 aromatic heterocycles.